The number of methoxy groups -OCH3 is 4. The molecule has 0 saturated carbocycles. The second kappa shape index (κ2) is 33.6. The van der Waals surface area contributed by atoms with Crippen LogP contribution in [0.2, 0.25) is 0 Å². The van der Waals surface area contributed by atoms with E-state index >= 15 is 0 Å². The standard InChI is InChI=1S/C34H70O14/c1-29(35-6)20-39-10-14-44-25-34(26-45-15-11-40-21-30(2)36-7,27-46-16-12-41-22-31(3)37-8)28-47-17-13-42-24-33(5)48-19-18-43-23-32(4)38-9/h29-33H,10-28H2,1-9H3. The molecule has 0 aromatic heterocycles. The highest BCUT2D eigenvalue weighted by atomic mass is 16.6. The van der Waals surface area contributed by atoms with Crippen molar-refractivity contribution in [1.82, 2.24) is 0 Å². The molecule has 0 heterocycles. The second-order valence-electron chi connectivity index (χ2n) is 12.0. The van der Waals surface area contributed by atoms with E-state index in [-0.39, 0.29) is 30.5 Å². The van der Waals surface area contributed by atoms with Gasteiger partial charge in [0.1, 0.15) is 0 Å². The largest absolute Gasteiger partial charge is 0.379 e. The van der Waals surface area contributed by atoms with E-state index in [2.05, 4.69) is 0 Å². The van der Waals surface area contributed by atoms with E-state index in [1.807, 2.05) is 34.6 Å². The van der Waals surface area contributed by atoms with Gasteiger partial charge >= 0.3 is 0 Å². The summed E-state index contributed by atoms with van der Waals surface area (Å²) in [5.74, 6) is 0. The zero-order valence-corrected chi connectivity index (χ0v) is 31.5. The molecule has 48 heavy (non-hydrogen) atoms. The Hall–Kier alpha value is -0.560. The van der Waals surface area contributed by atoms with Crippen LogP contribution in [0.1, 0.15) is 34.6 Å². The summed E-state index contributed by atoms with van der Waals surface area (Å²) in [5, 5.41) is 0. The van der Waals surface area contributed by atoms with Crippen molar-refractivity contribution >= 4 is 0 Å². The maximum atomic E-state index is 6.12. The Morgan fingerprint density at radius 1 is 0.312 bits per heavy atom. The van der Waals surface area contributed by atoms with Crippen LogP contribution in [0, 0.1) is 5.41 Å². The topological polar surface area (TPSA) is 129 Å². The molecule has 5 unspecified atom stereocenters. The predicted octanol–water partition coefficient (Wildman–Crippen LogP) is 2.67. The molecule has 0 N–H and O–H groups in total. The molecular weight excluding hydrogens is 632 g/mol. The lowest BCUT2D eigenvalue weighted by molar-refractivity contribution is -0.125. The van der Waals surface area contributed by atoms with Gasteiger partial charge in [-0.1, -0.05) is 0 Å². The summed E-state index contributed by atoms with van der Waals surface area (Å²) in [6, 6.07) is 0. The molecule has 0 saturated heterocycles. The minimum absolute atomic E-state index is 0.0169. The lowest BCUT2D eigenvalue weighted by atomic mass is 9.92. The van der Waals surface area contributed by atoms with Gasteiger partial charge in [-0.3, -0.25) is 0 Å². The number of hydrogen-bond acceptors (Lipinski definition) is 14. The number of hydrogen-bond donors (Lipinski definition) is 0. The third kappa shape index (κ3) is 29.2. The van der Waals surface area contributed by atoms with Crippen molar-refractivity contribution in [3.63, 3.8) is 0 Å². The van der Waals surface area contributed by atoms with Gasteiger partial charge < -0.3 is 66.3 Å². The highest BCUT2D eigenvalue weighted by Crippen LogP contribution is 2.21. The third-order valence-electron chi connectivity index (χ3n) is 7.12. The van der Waals surface area contributed by atoms with Gasteiger partial charge in [0, 0.05) is 28.4 Å². The zero-order valence-electron chi connectivity index (χ0n) is 31.5. The summed E-state index contributed by atoms with van der Waals surface area (Å²) in [4.78, 5) is 0. The normalized spacial score (nSPS) is 16.4. The van der Waals surface area contributed by atoms with Crippen LogP contribution in [-0.4, -0.2) is 184 Å². The van der Waals surface area contributed by atoms with Crippen LogP contribution in [0.5, 0.6) is 0 Å². The molecule has 290 valence electrons. The molecule has 0 aliphatic heterocycles. The molecule has 14 heteroatoms. The van der Waals surface area contributed by atoms with Gasteiger partial charge in [-0.25, -0.2) is 0 Å². The SMILES string of the molecule is COC(C)COCCOCC(COCCOCC(C)OC)(COCCOCC(C)OC)COCCOCC(C)OCCOCC(C)OC. The first-order valence-corrected chi connectivity index (χ1v) is 17.1. The molecule has 14 nitrogen and oxygen atoms in total. The summed E-state index contributed by atoms with van der Waals surface area (Å²) in [5.41, 5.74) is -0.587. The fourth-order valence-corrected chi connectivity index (χ4v) is 3.75. The van der Waals surface area contributed by atoms with E-state index in [0.29, 0.717) is 126 Å². The van der Waals surface area contributed by atoms with Crippen LogP contribution in [0.3, 0.4) is 0 Å². The third-order valence-corrected chi connectivity index (χ3v) is 7.12. The molecule has 0 bridgehead atoms. The van der Waals surface area contributed by atoms with Crippen molar-refractivity contribution in [2.75, 3.05) is 154 Å². The number of ether oxygens (including phenoxy) is 14. The van der Waals surface area contributed by atoms with Gasteiger partial charge in [0.15, 0.2) is 0 Å². The molecule has 0 fully saturated rings. The molecule has 0 aromatic rings. The summed E-state index contributed by atoms with van der Waals surface area (Å²) in [6.07, 6.45) is 0.0427. The van der Waals surface area contributed by atoms with Crippen molar-refractivity contribution in [2.45, 2.75) is 65.1 Å². The predicted molar refractivity (Wildman–Crippen MR) is 181 cm³/mol. The fourth-order valence-electron chi connectivity index (χ4n) is 3.75. The highest BCUT2D eigenvalue weighted by Gasteiger charge is 2.32. The van der Waals surface area contributed by atoms with Crippen LogP contribution in [0.15, 0.2) is 0 Å². The average molecular weight is 703 g/mol. The minimum Gasteiger partial charge on any atom is -0.379 e. The van der Waals surface area contributed by atoms with E-state index in [1.165, 1.54) is 0 Å². The molecule has 0 rings (SSSR count). The smallest absolute Gasteiger partial charge is 0.0781 e. The first-order chi connectivity index (χ1) is 23.2. The Morgan fingerprint density at radius 3 is 0.812 bits per heavy atom. The summed E-state index contributed by atoms with van der Waals surface area (Å²) in [6.45, 7) is 18.0. The Bertz CT molecular complexity index is 606. The molecule has 0 spiro atoms. The maximum absolute atomic E-state index is 6.12. The van der Waals surface area contributed by atoms with E-state index in [1.54, 1.807) is 28.4 Å². The molecule has 0 aliphatic carbocycles. The van der Waals surface area contributed by atoms with E-state index in [0.717, 1.165) is 0 Å². The molecule has 0 radical (unpaired) electrons. The van der Waals surface area contributed by atoms with Crippen molar-refractivity contribution in [3.8, 4) is 0 Å². The summed E-state index contributed by atoms with van der Waals surface area (Å²) >= 11 is 0. The van der Waals surface area contributed by atoms with Crippen LogP contribution in [0.4, 0.5) is 0 Å². The fraction of sp³-hybridized carbons (Fsp3) is 1.00. The summed E-state index contributed by atoms with van der Waals surface area (Å²) in [7, 11) is 6.64. The lowest BCUT2D eigenvalue weighted by Gasteiger charge is -2.33. The maximum Gasteiger partial charge on any atom is 0.0781 e. The first-order valence-electron chi connectivity index (χ1n) is 17.1. The van der Waals surface area contributed by atoms with Crippen LogP contribution in [-0.2, 0) is 66.3 Å². The van der Waals surface area contributed by atoms with Gasteiger partial charge in [-0.15, -0.1) is 0 Å². The minimum atomic E-state index is -0.587. The second-order valence-corrected chi connectivity index (χ2v) is 12.0. The zero-order chi connectivity index (χ0) is 35.7. The van der Waals surface area contributed by atoms with Crippen LogP contribution >= 0.6 is 0 Å². The van der Waals surface area contributed by atoms with Gasteiger partial charge in [-0.2, -0.15) is 0 Å². The van der Waals surface area contributed by atoms with Gasteiger partial charge in [-0.05, 0) is 34.6 Å². The van der Waals surface area contributed by atoms with Crippen LogP contribution < -0.4 is 0 Å². The molecule has 0 aromatic carbocycles. The van der Waals surface area contributed by atoms with Crippen molar-refractivity contribution in [3.05, 3.63) is 0 Å². The lowest BCUT2D eigenvalue weighted by Crippen LogP contribution is -2.43. The van der Waals surface area contributed by atoms with E-state index in [4.69, 9.17) is 66.3 Å². The van der Waals surface area contributed by atoms with Gasteiger partial charge in [0.05, 0.1) is 161 Å². The molecule has 0 amide bonds. The molecule has 0 aliphatic rings. The average Bonchev–Trinajstić information content (AvgIpc) is 3.09. The van der Waals surface area contributed by atoms with Gasteiger partial charge in [0.2, 0.25) is 0 Å². The summed E-state index contributed by atoms with van der Waals surface area (Å²) < 4.78 is 79.3. The monoisotopic (exact) mass is 702 g/mol. The Morgan fingerprint density at radius 2 is 0.542 bits per heavy atom. The van der Waals surface area contributed by atoms with Crippen LogP contribution in [0.25, 0.3) is 0 Å². The Balaban J connectivity index is 4.95. The van der Waals surface area contributed by atoms with Crippen molar-refractivity contribution in [1.29, 1.82) is 0 Å². The number of rotatable bonds is 38. The van der Waals surface area contributed by atoms with Crippen molar-refractivity contribution < 1.29 is 66.3 Å². The quantitative estimate of drug-likeness (QED) is 0.0875. The Labute approximate surface area is 290 Å². The Kier molecular flexibility index (Phi) is 33.2. The first kappa shape index (κ1) is 47.4. The van der Waals surface area contributed by atoms with Gasteiger partial charge in [0.25, 0.3) is 0 Å². The van der Waals surface area contributed by atoms with E-state index < -0.39 is 5.41 Å². The highest BCUT2D eigenvalue weighted by molar-refractivity contribution is 4.79. The molecular formula is C34H70O14. The van der Waals surface area contributed by atoms with E-state index in [9.17, 15) is 0 Å². The molecule has 5 atom stereocenters. The van der Waals surface area contributed by atoms with Crippen molar-refractivity contribution in [2.24, 2.45) is 5.41 Å².